The van der Waals surface area contributed by atoms with Crippen LogP contribution in [0.3, 0.4) is 0 Å². The van der Waals surface area contributed by atoms with E-state index in [4.69, 9.17) is 32.7 Å². The van der Waals surface area contributed by atoms with Crippen LogP contribution in [0.5, 0.6) is 11.5 Å². The van der Waals surface area contributed by atoms with Crippen molar-refractivity contribution in [3.8, 4) is 17.6 Å². The van der Waals surface area contributed by atoms with Gasteiger partial charge in [0.05, 0.1) is 27.3 Å². The summed E-state index contributed by atoms with van der Waals surface area (Å²) in [7, 11) is 1.51. The number of benzene rings is 3. The van der Waals surface area contributed by atoms with Crippen molar-refractivity contribution in [3.63, 3.8) is 0 Å². The molecule has 33 heavy (non-hydrogen) atoms. The molecular weight excluding hydrogens is 595 g/mol. The third-order valence-corrected chi connectivity index (χ3v) is 6.17. The Kier molecular flexibility index (Phi) is 8.81. The van der Waals surface area contributed by atoms with E-state index in [2.05, 4.69) is 37.2 Å². The zero-order valence-electron chi connectivity index (χ0n) is 17.2. The lowest BCUT2D eigenvalue weighted by Crippen LogP contribution is -2.14. The van der Waals surface area contributed by atoms with Crippen molar-refractivity contribution in [2.24, 2.45) is 0 Å². The van der Waals surface area contributed by atoms with Gasteiger partial charge < -0.3 is 14.8 Å². The van der Waals surface area contributed by atoms with Gasteiger partial charge in [-0.3, -0.25) is 4.79 Å². The molecule has 1 amide bonds. The van der Waals surface area contributed by atoms with Gasteiger partial charge in [0.1, 0.15) is 18.2 Å². The normalized spacial score (nSPS) is 11.0. The van der Waals surface area contributed by atoms with Crippen LogP contribution in [0.4, 0.5) is 5.69 Å². The Balaban J connectivity index is 1.84. The van der Waals surface area contributed by atoms with E-state index in [9.17, 15) is 10.1 Å². The predicted octanol–water partition coefficient (Wildman–Crippen LogP) is 7.65. The number of halogens is 4. The average molecular weight is 611 g/mol. The highest BCUT2D eigenvalue weighted by Crippen LogP contribution is 2.38. The molecular formula is C24H16Br2Cl2N2O3. The van der Waals surface area contributed by atoms with Crippen LogP contribution in [0.2, 0.25) is 10.0 Å². The Bertz CT molecular complexity index is 1240. The molecule has 0 fully saturated rings. The summed E-state index contributed by atoms with van der Waals surface area (Å²) in [6.45, 7) is 0.335. The standard InChI is InChI=1S/C24H16Br2Cl2N2O3/c1-32-21-11-15(10-18(26)23(21)33-13-14-5-7-17(25)8-6-14)9-16(12-29)24(31)30-22-19(27)3-2-4-20(22)28/h2-11H,13H2,1H3,(H,30,31)/b16-9+. The van der Waals surface area contributed by atoms with Crippen LogP contribution in [-0.4, -0.2) is 13.0 Å². The first kappa shape index (κ1) is 25.1. The van der Waals surface area contributed by atoms with Crippen molar-refractivity contribution in [2.45, 2.75) is 6.61 Å². The Morgan fingerprint density at radius 3 is 2.39 bits per heavy atom. The molecule has 0 aromatic heterocycles. The van der Waals surface area contributed by atoms with E-state index in [0.717, 1.165) is 10.0 Å². The van der Waals surface area contributed by atoms with Gasteiger partial charge >= 0.3 is 0 Å². The summed E-state index contributed by atoms with van der Waals surface area (Å²) in [5.41, 5.74) is 1.65. The lowest BCUT2D eigenvalue weighted by Gasteiger charge is -2.14. The molecule has 0 atom stereocenters. The first-order valence-electron chi connectivity index (χ1n) is 9.44. The van der Waals surface area contributed by atoms with Crippen LogP contribution >= 0.6 is 55.1 Å². The van der Waals surface area contributed by atoms with Crippen LogP contribution in [0.15, 0.2) is 69.1 Å². The highest BCUT2D eigenvalue weighted by Gasteiger charge is 2.16. The third-order valence-electron chi connectivity index (χ3n) is 4.43. The molecule has 0 unspecified atom stereocenters. The topological polar surface area (TPSA) is 71.3 Å². The second kappa shape index (κ2) is 11.6. The van der Waals surface area contributed by atoms with Crippen LogP contribution in [0.1, 0.15) is 11.1 Å². The molecule has 9 heteroatoms. The minimum atomic E-state index is -0.641. The molecule has 5 nitrogen and oxygen atoms in total. The molecule has 1 N–H and O–H groups in total. The summed E-state index contributed by atoms with van der Waals surface area (Å²) in [5.74, 6) is 0.307. The SMILES string of the molecule is COc1cc(/C=C(\C#N)C(=O)Nc2c(Cl)cccc2Cl)cc(Br)c1OCc1ccc(Br)cc1. The van der Waals surface area contributed by atoms with Gasteiger partial charge in [-0.2, -0.15) is 5.26 Å². The van der Waals surface area contributed by atoms with Gasteiger partial charge in [0, 0.05) is 4.47 Å². The maximum atomic E-state index is 12.7. The van der Waals surface area contributed by atoms with Gasteiger partial charge in [-0.15, -0.1) is 0 Å². The number of nitriles is 1. The van der Waals surface area contributed by atoms with Gasteiger partial charge in [-0.05, 0) is 69.5 Å². The molecule has 0 saturated carbocycles. The first-order valence-corrected chi connectivity index (χ1v) is 11.8. The van der Waals surface area contributed by atoms with Crippen molar-refractivity contribution in [1.82, 2.24) is 0 Å². The van der Waals surface area contributed by atoms with Gasteiger partial charge in [0.2, 0.25) is 0 Å². The second-order valence-corrected chi connectivity index (χ2v) is 9.25. The second-order valence-electron chi connectivity index (χ2n) is 6.67. The number of ether oxygens (including phenoxy) is 2. The summed E-state index contributed by atoms with van der Waals surface area (Å²) in [5, 5.41) is 12.7. The molecule has 0 bridgehead atoms. The van der Waals surface area contributed by atoms with E-state index in [1.54, 1.807) is 30.3 Å². The lowest BCUT2D eigenvalue weighted by atomic mass is 10.1. The van der Waals surface area contributed by atoms with Gasteiger partial charge in [0.15, 0.2) is 11.5 Å². The quantitative estimate of drug-likeness (QED) is 0.220. The molecule has 0 aliphatic carbocycles. The fourth-order valence-electron chi connectivity index (χ4n) is 2.81. The van der Waals surface area contributed by atoms with Crippen molar-refractivity contribution < 1.29 is 14.3 Å². The zero-order valence-corrected chi connectivity index (χ0v) is 21.8. The Morgan fingerprint density at radius 2 is 1.79 bits per heavy atom. The van der Waals surface area contributed by atoms with Crippen molar-refractivity contribution in [2.75, 3.05) is 12.4 Å². The summed E-state index contributed by atoms with van der Waals surface area (Å²) in [6, 6.07) is 17.9. The maximum absolute atomic E-state index is 12.7. The van der Waals surface area contributed by atoms with Crippen LogP contribution in [0, 0.1) is 11.3 Å². The minimum absolute atomic E-state index is 0.136. The minimum Gasteiger partial charge on any atom is -0.493 e. The van der Waals surface area contributed by atoms with E-state index >= 15 is 0 Å². The van der Waals surface area contributed by atoms with Crippen molar-refractivity contribution in [3.05, 3.63) is 90.3 Å². The fourth-order valence-corrected chi connectivity index (χ4v) is 4.14. The Hall–Kier alpha value is -2.50. The molecule has 3 rings (SSSR count). The molecule has 0 spiro atoms. The first-order chi connectivity index (χ1) is 15.8. The van der Waals surface area contributed by atoms with Gasteiger partial charge in [-0.25, -0.2) is 0 Å². The van der Waals surface area contributed by atoms with E-state index in [0.29, 0.717) is 28.1 Å². The predicted molar refractivity (Wildman–Crippen MR) is 138 cm³/mol. The van der Waals surface area contributed by atoms with Crippen molar-refractivity contribution in [1.29, 1.82) is 5.26 Å². The molecule has 0 aliphatic rings. The van der Waals surface area contributed by atoms with E-state index in [1.807, 2.05) is 30.3 Å². The average Bonchev–Trinajstić information content (AvgIpc) is 2.79. The number of nitrogens with zero attached hydrogens (tertiary/aromatic N) is 1. The number of amides is 1. The Labute approximate surface area is 218 Å². The lowest BCUT2D eigenvalue weighted by molar-refractivity contribution is -0.112. The third kappa shape index (κ3) is 6.52. The van der Waals surface area contributed by atoms with Crippen LogP contribution in [0.25, 0.3) is 6.08 Å². The molecule has 3 aromatic rings. The largest absolute Gasteiger partial charge is 0.493 e. The van der Waals surface area contributed by atoms with Gasteiger partial charge in [0.25, 0.3) is 5.91 Å². The summed E-state index contributed by atoms with van der Waals surface area (Å²) >= 11 is 19.1. The monoisotopic (exact) mass is 608 g/mol. The van der Waals surface area contributed by atoms with E-state index < -0.39 is 5.91 Å². The van der Waals surface area contributed by atoms with Crippen LogP contribution in [-0.2, 0) is 11.4 Å². The highest BCUT2D eigenvalue weighted by molar-refractivity contribution is 9.10. The number of carbonyl (C=O) groups excluding carboxylic acids is 1. The summed E-state index contributed by atoms with van der Waals surface area (Å²) in [6.07, 6.45) is 1.44. The smallest absolute Gasteiger partial charge is 0.266 e. The summed E-state index contributed by atoms with van der Waals surface area (Å²) < 4.78 is 13.0. The van der Waals surface area contributed by atoms with Gasteiger partial charge in [-0.1, -0.05) is 57.3 Å². The Morgan fingerprint density at radius 1 is 1.12 bits per heavy atom. The van der Waals surface area contributed by atoms with E-state index in [1.165, 1.54) is 13.2 Å². The zero-order chi connectivity index (χ0) is 24.0. The number of anilines is 1. The molecule has 168 valence electrons. The summed E-state index contributed by atoms with van der Waals surface area (Å²) in [4.78, 5) is 12.7. The fraction of sp³-hybridized carbons (Fsp3) is 0.0833. The van der Waals surface area contributed by atoms with Crippen LogP contribution < -0.4 is 14.8 Å². The number of rotatable bonds is 7. The molecule has 3 aromatic carbocycles. The molecule has 0 saturated heterocycles. The molecule has 0 heterocycles. The van der Waals surface area contributed by atoms with E-state index in [-0.39, 0.29) is 21.3 Å². The number of carbonyl (C=O) groups is 1. The number of nitrogens with one attached hydrogen (secondary N) is 1. The molecule has 0 radical (unpaired) electrons. The maximum Gasteiger partial charge on any atom is 0.266 e. The number of hydrogen-bond donors (Lipinski definition) is 1. The number of methoxy groups -OCH3 is 1. The number of para-hydroxylation sites is 1. The van der Waals surface area contributed by atoms with Crippen molar-refractivity contribution >= 4 is 72.7 Å². The highest BCUT2D eigenvalue weighted by atomic mass is 79.9. The molecule has 0 aliphatic heterocycles. The number of hydrogen-bond acceptors (Lipinski definition) is 4.